The molecule has 0 saturated heterocycles. The number of carboxylic acid groups (broad SMARTS) is 1. The van der Waals surface area contributed by atoms with E-state index in [9.17, 15) is 9.59 Å². The molecule has 0 bridgehead atoms. The maximum Gasteiger partial charge on any atom is 0.325 e. The van der Waals surface area contributed by atoms with Crippen molar-refractivity contribution in [2.24, 2.45) is 0 Å². The summed E-state index contributed by atoms with van der Waals surface area (Å²) in [4.78, 5) is 22.5. The van der Waals surface area contributed by atoms with Crippen LogP contribution in [-0.2, 0) is 29.1 Å². The van der Waals surface area contributed by atoms with Crippen molar-refractivity contribution in [3.05, 3.63) is 41.2 Å². The minimum atomic E-state index is -1.00. The van der Waals surface area contributed by atoms with Crippen molar-refractivity contribution in [1.29, 1.82) is 0 Å². The number of rotatable bonds is 7. The molecule has 1 amide bonds. The van der Waals surface area contributed by atoms with Crippen molar-refractivity contribution >= 4 is 11.9 Å². The van der Waals surface area contributed by atoms with E-state index < -0.39 is 5.97 Å². The Morgan fingerprint density at radius 1 is 1.39 bits per heavy atom. The molecule has 0 aliphatic rings. The summed E-state index contributed by atoms with van der Waals surface area (Å²) in [6, 6.07) is 5.61. The minimum Gasteiger partial charge on any atom is -0.496 e. The fourth-order valence-electron chi connectivity index (χ4n) is 2.05. The summed E-state index contributed by atoms with van der Waals surface area (Å²) < 4.78 is 6.43. The third-order valence-corrected chi connectivity index (χ3v) is 3.19. The lowest BCUT2D eigenvalue weighted by Gasteiger charge is -2.08. The van der Waals surface area contributed by atoms with Gasteiger partial charge in [0.25, 0.3) is 0 Å². The average Bonchev–Trinajstić information content (AvgIpc) is 2.94. The highest BCUT2D eigenvalue weighted by atomic mass is 16.5. The van der Waals surface area contributed by atoms with E-state index in [1.807, 2.05) is 25.1 Å². The lowest BCUT2D eigenvalue weighted by atomic mass is 10.1. The van der Waals surface area contributed by atoms with E-state index in [0.29, 0.717) is 5.69 Å². The number of nitrogens with zero attached hydrogens (tertiary/aromatic N) is 3. The van der Waals surface area contributed by atoms with Gasteiger partial charge in [0.1, 0.15) is 18.0 Å². The van der Waals surface area contributed by atoms with Crippen LogP contribution in [0.25, 0.3) is 0 Å². The number of benzene rings is 1. The molecule has 23 heavy (non-hydrogen) atoms. The second kappa shape index (κ2) is 7.39. The van der Waals surface area contributed by atoms with Gasteiger partial charge < -0.3 is 15.2 Å². The number of aromatic nitrogens is 3. The van der Waals surface area contributed by atoms with Crippen LogP contribution in [-0.4, -0.2) is 39.1 Å². The largest absolute Gasteiger partial charge is 0.496 e. The Hall–Kier alpha value is -2.90. The predicted octanol–water partition coefficient (Wildman–Crippen LogP) is 0.539. The molecule has 0 fully saturated rings. The maximum absolute atomic E-state index is 12.0. The molecule has 1 aromatic heterocycles. The molecule has 0 unspecified atom stereocenters. The number of aliphatic carboxylic acids is 1. The van der Waals surface area contributed by atoms with E-state index in [0.717, 1.165) is 16.9 Å². The van der Waals surface area contributed by atoms with Gasteiger partial charge in [-0.1, -0.05) is 17.3 Å². The number of hydrogen-bond donors (Lipinski definition) is 2. The Bertz CT molecular complexity index is 711. The number of amides is 1. The lowest BCUT2D eigenvalue weighted by molar-refractivity contribution is -0.138. The van der Waals surface area contributed by atoms with Gasteiger partial charge in [0.2, 0.25) is 5.91 Å². The molecule has 8 heteroatoms. The van der Waals surface area contributed by atoms with Crippen molar-refractivity contribution in [3.8, 4) is 5.75 Å². The molecule has 2 rings (SSSR count). The zero-order chi connectivity index (χ0) is 16.8. The topological polar surface area (TPSA) is 106 Å². The summed E-state index contributed by atoms with van der Waals surface area (Å²) in [5.41, 5.74) is 2.35. The summed E-state index contributed by atoms with van der Waals surface area (Å²) >= 11 is 0. The molecule has 0 radical (unpaired) electrons. The molecule has 0 spiro atoms. The van der Waals surface area contributed by atoms with Crippen LogP contribution in [0.1, 0.15) is 16.8 Å². The van der Waals surface area contributed by atoms with Crippen LogP contribution in [0.3, 0.4) is 0 Å². The smallest absolute Gasteiger partial charge is 0.325 e. The van der Waals surface area contributed by atoms with Gasteiger partial charge in [0.05, 0.1) is 26.3 Å². The van der Waals surface area contributed by atoms with Crippen molar-refractivity contribution in [3.63, 3.8) is 0 Å². The molecule has 2 N–H and O–H groups in total. The first kappa shape index (κ1) is 16.5. The molecule has 1 aromatic carbocycles. The number of hydrogen-bond acceptors (Lipinski definition) is 5. The highest BCUT2D eigenvalue weighted by Gasteiger charge is 2.08. The molecule has 1 heterocycles. The molecular weight excluding hydrogens is 300 g/mol. The number of carbonyl (C=O) groups is 2. The standard InChI is InChI=1S/C15H18N4O4/c1-10-3-4-11(5-13(10)23-2)6-14(20)16-7-12-8-19(18-17-12)9-15(21)22/h3-5,8H,6-7,9H2,1-2H3,(H,16,20)(H,21,22). The summed E-state index contributed by atoms with van der Waals surface area (Å²) in [6.45, 7) is 1.87. The predicted molar refractivity (Wildman–Crippen MR) is 80.9 cm³/mol. The Labute approximate surface area is 133 Å². The second-order valence-electron chi connectivity index (χ2n) is 5.06. The molecule has 8 nitrogen and oxygen atoms in total. The number of ether oxygens (including phenoxy) is 1. The van der Waals surface area contributed by atoms with Crippen LogP contribution in [0, 0.1) is 6.92 Å². The van der Waals surface area contributed by atoms with Crippen LogP contribution in [0.15, 0.2) is 24.4 Å². The van der Waals surface area contributed by atoms with E-state index in [1.54, 1.807) is 7.11 Å². The summed E-state index contributed by atoms with van der Waals surface area (Å²) in [7, 11) is 1.59. The van der Waals surface area contributed by atoms with Gasteiger partial charge in [-0.3, -0.25) is 9.59 Å². The van der Waals surface area contributed by atoms with Crippen molar-refractivity contribution in [2.45, 2.75) is 26.4 Å². The van der Waals surface area contributed by atoms with Gasteiger partial charge in [-0.2, -0.15) is 0 Å². The monoisotopic (exact) mass is 318 g/mol. The van der Waals surface area contributed by atoms with Crippen LogP contribution in [0.4, 0.5) is 0 Å². The molecule has 122 valence electrons. The fraction of sp³-hybridized carbons (Fsp3) is 0.333. The highest BCUT2D eigenvalue weighted by molar-refractivity contribution is 5.78. The van der Waals surface area contributed by atoms with Crippen molar-refractivity contribution in [1.82, 2.24) is 20.3 Å². The summed E-state index contributed by atoms with van der Waals surface area (Å²) in [6.07, 6.45) is 1.71. The van der Waals surface area contributed by atoms with Crippen molar-refractivity contribution in [2.75, 3.05) is 7.11 Å². The molecule has 2 aromatic rings. The Balaban J connectivity index is 1.87. The zero-order valence-corrected chi connectivity index (χ0v) is 12.9. The molecular formula is C15H18N4O4. The fourth-order valence-corrected chi connectivity index (χ4v) is 2.05. The molecule has 0 aliphatic carbocycles. The van der Waals surface area contributed by atoms with E-state index in [1.165, 1.54) is 10.9 Å². The molecule has 0 atom stereocenters. The molecule has 0 saturated carbocycles. The quantitative estimate of drug-likeness (QED) is 0.771. The number of aryl methyl sites for hydroxylation is 1. The highest BCUT2D eigenvalue weighted by Crippen LogP contribution is 2.19. The van der Waals surface area contributed by atoms with Crippen LogP contribution < -0.4 is 10.1 Å². The van der Waals surface area contributed by atoms with Gasteiger partial charge in [-0.05, 0) is 24.1 Å². The normalized spacial score (nSPS) is 10.3. The zero-order valence-electron chi connectivity index (χ0n) is 12.9. The first-order chi connectivity index (χ1) is 11.0. The summed E-state index contributed by atoms with van der Waals surface area (Å²) in [5.74, 6) is -0.422. The Morgan fingerprint density at radius 2 is 2.17 bits per heavy atom. The lowest BCUT2D eigenvalue weighted by Crippen LogP contribution is -2.24. The van der Waals surface area contributed by atoms with E-state index >= 15 is 0 Å². The third-order valence-electron chi connectivity index (χ3n) is 3.19. The second-order valence-corrected chi connectivity index (χ2v) is 5.06. The number of carboxylic acids is 1. The Kier molecular flexibility index (Phi) is 5.29. The minimum absolute atomic E-state index is 0.163. The van der Waals surface area contributed by atoms with E-state index in [-0.39, 0.29) is 25.4 Å². The van der Waals surface area contributed by atoms with Gasteiger partial charge in [-0.25, -0.2) is 4.68 Å². The van der Waals surface area contributed by atoms with Gasteiger partial charge in [-0.15, -0.1) is 5.10 Å². The number of carbonyl (C=O) groups excluding carboxylic acids is 1. The van der Waals surface area contributed by atoms with Crippen LogP contribution >= 0.6 is 0 Å². The van der Waals surface area contributed by atoms with Gasteiger partial charge in [0.15, 0.2) is 0 Å². The number of nitrogens with one attached hydrogen (secondary N) is 1. The first-order valence-corrected chi connectivity index (χ1v) is 6.99. The Morgan fingerprint density at radius 3 is 2.87 bits per heavy atom. The van der Waals surface area contributed by atoms with E-state index in [2.05, 4.69) is 15.6 Å². The van der Waals surface area contributed by atoms with Crippen LogP contribution in [0.5, 0.6) is 5.75 Å². The van der Waals surface area contributed by atoms with E-state index in [4.69, 9.17) is 9.84 Å². The third kappa shape index (κ3) is 4.80. The van der Waals surface area contributed by atoms with Gasteiger partial charge >= 0.3 is 5.97 Å². The SMILES string of the molecule is COc1cc(CC(=O)NCc2cn(CC(=O)O)nn2)ccc1C. The maximum atomic E-state index is 12.0. The summed E-state index contributed by atoms with van der Waals surface area (Å²) in [5, 5.41) is 18.8. The first-order valence-electron chi connectivity index (χ1n) is 6.99. The van der Waals surface area contributed by atoms with Crippen molar-refractivity contribution < 1.29 is 19.4 Å². The molecule has 0 aliphatic heterocycles. The average molecular weight is 318 g/mol. The van der Waals surface area contributed by atoms with Crippen LogP contribution in [0.2, 0.25) is 0 Å². The number of methoxy groups -OCH3 is 1. The van der Waals surface area contributed by atoms with Gasteiger partial charge in [0, 0.05) is 0 Å².